The summed E-state index contributed by atoms with van der Waals surface area (Å²) in [4.78, 5) is 24.6. The highest BCUT2D eigenvalue weighted by molar-refractivity contribution is 9.10. The Hall–Kier alpha value is -2.86. The Labute approximate surface area is 178 Å². The topological polar surface area (TPSA) is 60.3 Å². The number of hydrogen-bond donors (Lipinski definition) is 1. The minimum absolute atomic E-state index is 0.348. The number of carbonyl (C=O) groups excluding carboxylic acids is 2. The van der Waals surface area contributed by atoms with E-state index in [1.165, 1.54) is 0 Å². The van der Waals surface area contributed by atoms with Gasteiger partial charge in [-0.2, -0.15) is 0 Å². The number of carbonyl (C=O) groups is 2. The van der Waals surface area contributed by atoms with Crippen molar-refractivity contribution in [3.05, 3.63) is 81.1 Å². The average Bonchev–Trinajstić information content (AvgIpc) is 3.02. The van der Waals surface area contributed by atoms with Crippen LogP contribution in [0, 0.1) is 27.7 Å². The number of rotatable bonds is 5. The molecule has 0 aliphatic carbocycles. The molecule has 1 amide bonds. The zero-order valence-corrected chi connectivity index (χ0v) is 18.5. The van der Waals surface area contributed by atoms with Gasteiger partial charge in [0.2, 0.25) is 0 Å². The van der Waals surface area contributed by atoms with Crippen LogP contribution in [0.2, 0.25) is 0 Å². The third-order valence-electron chi connectivity index (χ3n) is 4.67. The fourth-order valence-electron chi connectivity index (χ4n) is 3.28. The van der Waals surface area contributed by atoms with Crippen LogP contribution < -0.4 is 5.32 Å². The van der Waals surface area contributed by atoms with Gasteiger partial charge in [-0.05, 0) is 81.3 Å². The van der Waals surface area contributed by atoms with Gasteiger partial charge in [-0.3, -0.25) is 4.79 Å². The van der Waals surface area contributed by atoms with Crippen LogP contribution in [0.4, 0.5) is 5.69 Å². The zero-order chi connectivity index (χ0) is 21.1. The number of benzene rings is 2. The van der Waals surface area contributed by atoms with Crippen LogP contribution in [0.15, 0.2) is 53.0 Å². The van der Waals surface area contributed by atoms with E-state index in [9.17, 15) is 9.59 Å². The highest BCUT2D eigenvalue weighted by Crippen LogP contribution is 2.25. The standard InChI is InChI=1S/C23H23BrN2O3/c1-14-10-19(11-15(2)22(14)24)25-21(27)13-29-23(28)18-6-5-7-20(12-18)26-16(3)8-9-17(26)4/h5-12H,13H2,1-4H3,(H,25,27). The molecular formula is C23H23BrN2O3. The van der Waals surface area contributed by atoms with Crippen LogP contribution in [-0.2, 0) is 9.53 Å². The number of ether oxygens (including phenoxy) is 1. The van der Waals surface area contributed by atoms with E-state index in [-0.39, 0.29) is 12.5 Å². The van der Waals surface area contributed by atoms with Gasteiger partial charge in [-0.1, -0.05) is 22.0 Å². The molecule has 0 fully saturated rings. The van der Waals surface area contributed by atoms with E-state index in [2.05, 4.69) is 25.8 Å². The maximum atomic E-state index is 12.4. The van der Waals surface area contributed by atoms with Gasteiger partial charge in [0.1, 0.15) is 0 Å². The minimum atomic E-state index is -0.535. The lowest BCUT2D eigenvalue weighted by Gasteiger charge is -2.12. The number of esters is 1. The molecule has 3 aromatic rings. The molecule has 0 aliphatic rings. The Morgan fingerprint density at radius 2 is 1.59 bits per heavy atom. The molecule has 0 atom stereocenters. The van der Waals surface area contributed by atoms with Crippen LogP contribution in [0.3, 0.4) is 0 Å². The molecule has 0 unspecified atom stereocenters. The minimum Gasteiger partial charge on any atom is -0.452 e. The molecule has 6 heteroatoms. The first-order valence-electron chi connectivity index (χ1n) is 9.25. The molecule has 5 nitrogen and oxygen atoms in total. The highest BCUT2D eigenvalue weighted by atomic mass is 79.9. The Morgan fingerprint density at radius 3 is 2.21 bits per heavy atom. The smallest absolute Gasteiger partial charge is 0.338 e. The van der Waals surface area contributed by atoms with Crippen molar-refractivity contribution in [1.82, 2.24) is 4.57 Å². The number of halogens is 1. The molecule has 1 aromatic heterocycles. The number of amides is 1. The molecule has 0 radical (unpaired) electrons. The largest absolute Gasteiger partial charge is 0.452 e. The molecule has 150 valence electrons. The van der Waals surface area contributed by atoms with Crippen molar-refractivity contribution >= 4 is 33.5 Å². The first-order chi connectivity index (χ1) is 13.8. The molecule has 3 rings (SSSR count). The summed E-state index contributed by atoms with van der Waals surface area (Å²) in [6.45, 7) is 7.57. The van der Waals surface area contributed by atoms with Crippen molar-refractivity contribution in [1.29, 1.82) is 0 Å². The van der Waals surface area contributed by atoms with E-state index in [1.807, 2.05) is 58.0 Å². The highest BCUT2D eigenvalue weighted by Gasteiger charge is 2.13. The molecule has 0 bridgehead atoms. The van der Waals surface area contributed by atoms with Crippen LogP contribution in [0.1, 0.15) is 32.9 Å². The van der Waals surface area contributed by atoms with E-state index >= 15 is 0 Å². The lowest BCUT2D eigenvalue weighted by atomic mass is 10.1. The van der Waals surface area contributed by atoms with Gasteiger partial charge < -0.3 is 14.6 Å². The summed E-state index contributed by atoms with van der Waals surface area (Å²) >= 11 is 3.50. The fraction of sp³-hybridized carbons (Fsp3) is 0.217. The van der Waals surface area contributed by atoms with Gasteiger partial charge in [-0.15, -0.1) is 0 Å². The van der Waals surface area contributed by atoms with Gasteiger partial charge >= 0.3 is 5.97 Å². The number of nitrogens with one attached hydrogen (secondary N) is 1. The van der Waals surface area contributed by atoms with Crippen LogP contribution in [-0.4, -0.2) is 23.1 Å². The first-order valence-corrected chi connectivity index (χ1v) is 10.0. The van der Waals surface area contributed by atoms with E-state index < -0.39 is 5.97 Å². The second-order valence-corrected chi connectivity index (χ2v) is 7.84. The van der Waals surface area contributed by atoms with Crippen molar-refractivity contribution < 1.29 is 14.3 Å². The molecular weight excluding hydrogens is 432 g/mol. The molecule has 0 spiro atoms. The second kappa shape index (κ2) is 8.66. The number of anilines is 1. The van der Waals surface area contributed by atoms with E-state index in [0.29, 0.717) is 11.3 Å². The van der Waals surface area contributed by atoms with Crippen LogP contribution >= 0.6 is 15.9 Å². The predicted molar refractivity (Wildman–Crippen MR) is 118 cm³/mol. The molecule has 1 heterocycles. The van der Waals surface area contributed by atoms with Crippen LogP contribution in [0.25, 0.3) is 5.69 Å². The monoisotopic (exact) mass is 454 g/mol. The predicted octanol–water partition coefficient (Wildman–Crippen LogP) is 5.27. The van der Waals surface area contributed by atoms with E-state index in [1.54, 1.807) is 18.2 Å². The number of aromatic nitrogens is 1. The SMILES string of the molecule is Cc1cc(NC(=O)COC(=O)c2cccc(-n3c(C)ccc3C)c2)cc(C)c1Br. The fourth-order valence-corrected chi connectivity index (χ4v) is 3.51. The van der Waals surface area contributed by atoms with Gasteiger partial charge in [-0.25, -0.2) is 4.79 Å². The summed E-state index contributed by atoms with van der Waals surface area (Å²) in [6, 6.07) is 15.0. The molecule has 0 saturated heterocycles. The number of aryl methyl sites for hydroxylation is 4. The van der Waals surface area contributed by atoms with Crippen molar-refractivity contribution in [2.75, 3.05) is 11.9 Å². The van der Waals surface area contributed by atoms with Crippen molar-refractivity contribution in [3.63, 3.8) is 0 Å². The summed E-state index contributed by atoms with van der Waals surface area (Å²) in [5.41, 5.74) is 6.14. The van der Waals surface area contributed by atoms with Gasteiger partial charge in [0, 0.05) is 27.2 Å². The van der Waals surface area contributed by atoms with E-state index in [4.69, 9.17) is 4.74 Å². The summed E-state index contributed by atoms with van der Waals surface area (Å²) in [5, 5.41) is 2.77. The number of hydrogen-bond acceptors (Lipinski definition) is 3. The normalized spacial score (nSPS) is 10.7. The third kappa shape index (κ3) is 4.77. The molecule has 29 heavy (non-hydrogen) atoms. The van der Waals surface area contributed by atoms with Gasteiger partial charge in [0.15, 0.2) is 6.61 Å². The molecule has 0 aliphatic heterocycles. The van der Waals surface area contributed by atoms with Crippen molar-refractivity contribution in [2.45, 2.75) is 27.7 Å². The van der Waals surface area contributed by atoms with Crippen molar-refractivity contribution in [2.24, 2.45) is 0 Å². The quantitative estimate of drug-likeness (QED) is 0.534. The van der Waals surface area contributed by atoms with Gasteiger partial charge in [0.25, 0.3) is 5.91 Å². The summed E-state index contributed by atoms with van der Waals surface area (Å²) in [5.74, 6) is -0.916. The molecule has 0 saturated carbocycles. The van der Waals surface area contributed by atoms with E-state index in [0.717, 1.165) is 32.7 Å². The maximum absolute atomic E-state index is 12.4. The van der Waals surface area contributed by atoms with Crippen molar-refractivity contribution in [3.8, 4) is 5.69 Å². The summed E-state index contributed by atoms with van der Waals surface area (Å²) < 4.78 is 8.28. The number of nitrogens with zero attached hydrogens (tertiary/aromatic N) is 1. The lowest BCUT2D eigenvalue weighted by molar-refractivity contribution is -0.119. The Morgan fingerprint density at radius 1 is 0.966 bits per heavy atom. The third-order valence-corrected chi connectivity index (χ3v) is 5.92. The molecule has 1 N–H and O–H groups in total. The summed E-state index contributed by atoms with van der Waals surface area (Å²) in [6.07, 6.45) is 0. The summed E-state index contributed by atoms with van der Waals surface area (Å²) in [7, 11) is 0. The average molecular weight is 455 g/mol. The van der Waals surface area contributed by atoms with Gasteiger partial charge in [0.05, 0.1) is 5.56 Å². The zero-order valence-electron chi connectivity index (χ0n) is 16.9. The lowest BCUT2D eigenvalue weighted by Crippen LogP contribution is -2.21. The Balaban J connectivity index is 1.65. The first kappa shape index (κ1) is 20.9. The Bertz CT molecular complexity index is 1040. The Kier molecular flexibility index (Phi) is 6.23. The molecule has 2 aromatic carbocycles. The van der Waals surface area contributed by atoms with Crippen LogP contribution in [0.5, 0.6) is 0 Å². The maximum Gasteiger partial charge on any atom is 0.338 e. The second-order valence-electron chi connectivity index (χ2n) is 7.05.